The Kier molecular flexibility index (Phi) is 3.02. The molecule has 0 spiro atoms. The normalized spacial score (nSPS) is 10.2. The van der Waals surface area contributed by atoms with Gasteiger partial charge in [-0.2, -0.15) is 5.10 Å². The van der Waals surface area contributed by atoms with E-state index in [2.05, 4.69) is 12.0 Å². The predicted molar refractivity (Wildman–Crippen MR) is 47.3 cm³/mol. The molecule has 3 heteroatoms. The molecule has 3 nitrogen and oxygen atoms in total. The zero-order chi connectivity index (χ0) is 8.97. The molecule has 0 radical (unpaired) electrons. The van der Waals surface area contributed by atoms with Gasteiger partial charge in [-0.05, 0) is 13.3 Å². The first-order valence-corrected chi connectivity index (χ1v) is 4.33. The average molecular weight is 166 g/mol. The molecule has 0 aliphatic rings. The fourth-order valence-electron chi connectivity index (χ4n) is 1.31. The van der Waals surface area contributed by atoms with Crippen molar-refractivity contribution in [2.45, 2.75) is 33.2 Å². The molecule has 0 saturated carbocycles. The van der Waals surface area contributed by atoms with Crippen LogP contribution >= 0.6 is 0 Å². The lowest BCUT2D eigenvalue weighted by molar-refractivity contribution is 0.112. The SMILES string of the molecule is CCCc1c(C=O)cnn1CC. The summed E-state index contributed by atoms with van der Waals surface area (Å²) in [5, 5.41) is 4.11. The van der Waals surface area contributed by atoms with Gasteiger partial charge in [-0.15, -0.1) is 0 Å². The number of carbonyl (C=O) groups is 1. The highest BCUT2D eigenvalue weighted by Crippen LogP contribution is 2.08. The van der Waals surface area contributed by atoms with Gasteiger partial charge < -0.3 is 0 Å². The van der Waals surface area contributed by atoms with Crippen LogP contribution < -0.4 is 0 Å². The van der Waals surface area contributed by atoms with Crippen LogP contribution in [0.2, 0.25) is 0 Å². The van der Waals surface area contributed by atoms with E-state index in [-0.39, 0.29) is 0 Å². The molecule has 12 heavy (non-hydrogen) atoms. The van der Waals surface area contributed by atoms with E-state index in [0.717, 1.165) is 36.9 Å². The van der Waals surface area contributed by atoms with Crippen LogP contribution in [0.1, 0.15) is 36.3 Å². The number of aromatic nitrogens is 2. The summed E-state index contributed by atoms with van der Waals surface area (Å²) in [6.45, 7) is 4.96. The summed E-state index contributed by atoms with van der Waals surface area (Å²) in [5.74, 6) is 0. The molecule has 0 bridgehead atoms. The maximum atomic E-state index is 10.6. The van der Waals surface area contributed by atoms with Crippen LogP contribution in [0.5, 0.6) is 0 Å². The Labute approximate surface area is 72.4 Å². The van der Waals surface area contributed by atoms with Gasteiger partial charge in [-0.25, -0.2) is 0 Å². The van der Waals surface area contributed by atoms with E-state index in [1.165, 1.54) is 0 Å². The van der Waals surface area contributed by atoms with Crippen LogP contribution in [0, 0.1) is 0 Å². The minimum atomic E-state index is 0.735. The second kappa shape index (κ2) is 4.04. The molecule has 0 atom stereocenters. The van der Waals surface area contributed by atoms with E-state index in [4.69, 9.17) is 0 Å². The van der Waals surface area contributed by atoms with Crippen molar-refractivity contribution in [2.24, 2.45) is 0 Å². The molecule has 0 unspecified atom stereocenters. The molecule has 0 fully saturated rings. The van der Waals surface area contributed by atoms with Gasteiger partial charge in [0.25, 0.3) is 0 Å². The first-order chi connectivity index (χ1) is 5.83. The maximum Gasteiger partial charge on any atom is 0.153 e. The Hall–Kier alpha value is -1.12. The molecule has 1 aromatic rings. The third kappa shape index (κ3) is 1.55. The first kappa shape index (κ1) is 8.97. The maximum absolute atomic E-state index is 10.6. The van der Waals surface area contributed by atoms with Crippen molar-refractivity contribution in [3.8, 4) is 0 Å². The summed E-state index contributed by atoms with van der Waals surface area (Å²) < 4.78 is 1.88. The molecule has 1 aromatic heterocycles. The molecular formula is C9H14N2O. The second-order valence-corrected chi connectivity index (χ2v) is 2.73. The molecule has 1 heterocycles. The highest BCUT2D eigenvalue weighted by Gasteiger charge is 2.06. The van der Waals surface area contributed by atoms with Gasteiger partial charge in [0.1, 0.15) is 0 Å². The lowest BCUT2D eigenvalue weighted by atomic mass is 10.2. The van der Waals surface area contributed by atoms with Crippen molar-refractivity contribution >= 4 is 6.29 Å². The van der Waals surface area contributed by atoms with E-state index in [9.17, 15) is 4.79 Å². The Morgan fingerprint density at radius 2 is 2.33 bits per heavy atom. The van der Waals surface area contributed by atoms with Gasteiger partial charge in [-0.3, -0.25) is 9.48 Å². The standard InChI is InChI=1S/C9H14N2O/c1-3-5-9-8(7-12)6-10-11(9)4-2/h6-7H,3-5H2,1-2H3. The van der Waals surface area contributed by atoms with Crippen LogP contribution in [-0.4, -0.2) is 16.1 Å². The topological polar surface area (TPSA) is 34.9 Å². The minimum Gasteiger partial charge on any atom is -0.298 e. The van der Waals surface area contributed by atoms with Gasteiger partial charge in [-0.1, -0.05) is 13.3 Å². The highest BCUT2D eigenvalue weighted by molar-refractivity contribution is 5.75. The number of aryl methyl sites for hydroxylation is 1. The fraction of sp³-hybridized carbons (Fsp3) is 0.556. The number of aldehydes is 1. The number of carbonyl (C=O) groups excluding carboxylic acids is 1. The second-order valence-electron chi connectivity index (χ2n) is 2.73. The van der Waals surface area contributed by atoms with Crippen molar-refractivity contribution in [3.05, 3.63) is 17.5 Å². The first-order valence-electron chi connectivity index (χ1n) is 4.33. The van der Waals surface area contributed by atoms with Gasteiger partial charge >= 0.3 is 0 Å². The lowest BCUT2D eigenvalue weighted by Crippen LogP contribution is -2.03. The summed E-state index contributed by atoms with van der Waals surface area (Å²) in [4.78, 5) is 10.6. The monoisotopic (exact) mass is 166 g/mol. The zero-order valence-corrected chi connectivity index (χ0v) is 7.58. The van der Waals surface area contributed by atoms with Crippen molar-refractivity contribution in [3.63, 3.8) is 0 Å². The molecule has 0 N–H and O–H groups in total. The summed E-state index contributed by atoms with van der Waals surface area (Å²) in [7, 11) is 0. The van der Waals surface area contributed by atoms with Crippen molar-refractivity contribution in [2.75, 3.05) is 0 Å². The Morgan fingerprint density at radius 1 is 1.58 bits per heavy atom. The van der Waals surface area contributed by atoms with E-state index in [1.807, 2.05) is 11.6 Å². The molecular weight excluding hydrogens is 152 g/mol. The Morgan fingerprint density at radius 3 is 2.83 bits per heavy atom. The third-order valence-corrected chi connectivity index (χ3v) is 1.89. The molecule has 0 aliphatic heterocycles. The Balaban J connectivity index is 2.98. The number of nitrogens with zero attached hydrogens (tertiary/aromatic N) is 2. The van der Waals surface area contributed by atoms with Gasteiger partial charge in [0.05, 0.1) is 11.8 Å². The van der Waals surface area contributed by atoms with E-state index in [0.29, 0.717) is 0 Å². The average Bonchev–Trinajstić information content (AvgIpc) is 2.48. The van der Waals surface area contributed by atoms with Crippen LogP contribution in [0.15, 0.2) is 6.20 Å². The van der Waals surface area contributed by atoms with Crippen molar-refractivity contribution in [1.82, 2.24) is 9.78 Å². The molecule has 0 amide bonds. The van der Waals surface area contributed by atoms with E-state index in [1.54, 1.807) is 6.20 Å². The van der Waals surface area contributed by atoms with Crippen LogP contribution in [0.4, 0.5) is 0 Å². The largest absolute Gasteiger partial charge is 0.298 e. The molecule has 1 rings (SSSR count). The Bertz CT molecular complexity index is 265. The highest BCUT2D eigenvalue weighted by atomic mass is 16.1. The minimum absolute atomic E-state index is 0.735. The summed E-state index contributed by atoms with van der Waals surface area (Å²) in [6.07, 6.45) is 4.50. The quantitative estimate of drug-likeness (QED) is 0.638. The molecule has 0 aromatic carbocycles. The van der Waals surface area contributed by atoms with Gasteiger partial charge in [0.15, 0.2) is 6.29 Å². The van der Waals surface area contributed by atoms with Crippen LogP contribution in [0.3, 0.4) is 0 Å². The summed E-state index contributed by atoms with van der Waals surface area (Å²) >= 11 is 0. The number of hydrogen-bond acceptors (Lipinski definition) is 2. The number of rotatable bonds is 4. The summed E-state index contributed by atoms with van der Waals surface area (Å²) in [5.41, 5.74) is 1.80. The van der Waals surface area contributed by atoms with Crippen molar-refractivity contribution < 1.29 is 4.79 Å². The number of hydrogen-bond donors (Lipinski definition) is 0. The van der Waals surface area contributed by atoms with Gasteiger partial charge in [0.2, 0.25) is 0 Å². The lowest BCUT2D eigenvalue weighted by Gasteiger charge is -2.02. The molecule has 0 saturated heterocycles. The van der Waals surface area contributed by atoms with E-state index >= 15 is 0 Å². The zero-order valence-electron chi connectivity index (χ0n) is 7.58. The summed E-state index contributed by atoms with van der Waals surface area (Å²) in [6, 6.07) is 0. The van der Waals surface area contributed by atoms with Crippen LogP contribution in [-0.2, 0) is 13.0 Å². The fourth-order valence-corrected chi connectivity index (χ4v) is 1.31. The smallest absolute Gasteiger partial charge is 0.153 e. The third-order valence-electron chi connectivity index (χ3n) is 1.89. The van der Waals surface area contributed by atoms with E-state index < -0.39 is 0 Å². The molecule has 0 aliphatic carbocycles. The van der Waals surface area contributed by atoms with Crippen molar-refractivity contribution in [1.29, 1.82) is 0 Å². The van der Waals surface area contributed by atoms with Gasteiger partial charge in [0, 0.05) is 12.2 Å². The predicted octanol–water partition coefficient (Wildman–Crippen LogP) is 1.67. The molecule has 66 valence electrons. The van der Waals surface area contributed by atoms with Crippen LogP contribution in [0.25, 0.3) is 0 Å².